The number of aromatic nitrogens is 3. The van der Waals surface area contributed by atoms with Crippen molar-refractivity contribution in [2.24, 2.45) is 11.8 Å². The molecule has 0 aromatic carbocycles. The van der Waals surface area contributed by atoms with Gasteiger partial charge in [0.1, 0.15) is 5.82 Å². The molecule has 0 radical (unpaired) electrons. The van der Waals surface area contributed by atoms with Gasteiger partial charge in [-0.3, -0.25) is 4.68 Å². The van der Waals surface area contributed by atoms with E-state index in [0.717, 1.165) is 5.56 Å². The first-order chi connectivity index (χ1) is 10.9. The quantitative estimate of drug-likeness (QED) is 0.851. The fourth-order valence-electron chi connectivity index (χ4n) is 3.14. The Morgan fingerprint density at radius 3 is 2.54 bits per heavy atom. The molecule has 2 atom stereocenters. The van der Waals surface area contributed by atoms with Crippen LogP contribution in [0, 0.1) is 11.8 Å². The summed E-state index contributed by atoms with van der Waals surface area (Å²) in [6, 6.07) is 3.66. The molecule has 1 saturated heterocycles. The molecule has 2 aromatic heterocycles. The van der Waals surface area contributed by atoms with Gasteiger partial charge in [0, 0.05) is 25.5 Å². The Hall–Kier alpha value is -1.91. The second-order valence-electron chi connectivity index (χ2n) is 6.05. The Morgan fingerprint density at radius 1 is 1.29 bits per heavy atom. The van der Waals surface area contributed by atoms with Gasteiger partial charge >= 0.3 is 24.8 Å². The first kappa shape index (κ1) is 16.9. The molecule has 2 unspecified atom stereocenters. The van der Waals surface area contributed by atoms with Crippen molar-refractivity contribution in [1.29, 1.82) is 0 Å². The van der Waals surface area contributed by atoms with Gasteiger partial charge in [-0.1, -0.05) is 6.07 Å². The van der Waals surface area contributed by atoms with Crippen molar-refractivity contribution in [3.05, 3.63) is 41.9 Å². The summed E-state index contributed by atoms with van der Waals surface area (Å²) in [5.41, 5.74) is 0.996. The summed E-state index contributed by atoms with van der Waals surface area (Å²) in [4.78, 5) is 17.0. The van der Waals surface area contributed by atoms with Crippen LogP contribution in [-0.4, -0.2) is 63.7 Å². The maximum atomic E-state index is 13.2. The number of carbonyl (C=O) groups is 1. The molecule has 1 saturated carbocycles. The van der Waals surface area contributed by atoms with Crippen LogP contribution in [0.5, 0.6) is 0 Å². The number of carboxylic acid groups (broad SMARTS) is 1. The number of aromatic carboxylic acids is 1. The monoisotopic (exact) mass is 328 g/mol. The number of nitrogens with zero attached hydrogens (tertiary/aromatic N) is 4. The zero-order chi connectivity index (χ0) is 16.2. The number of fused-ring (bicyclic) bond motifs is 1. The van der Waals surface area contributed by atoms with E-state index >= 15 is 0 Å². The first-order valence-electron chi connectivity index (χ1n) is 7.28. The summed E-state index contributed by atoms with van der Waals surface area (Å²) in [5.74, 6) is -3.86. The molecule has 6 nitrogen and oxygen atoms in total. The van der Waals surface area contributed by atoms with Crippen LogP contribution in [-0.2, 0) is 6.54 Å². The number of hydrogen-bond donors (Lipinski definition) is 1. The second kappa shape index (κ2) is 5.87. The van der Waals surface area contributed by atoms with Crippen LogP contribution in [0.25, 0.3) is 0 Å². The minimum absolute atomic E-state index is 0. The molecule has 0 spiro atoms. The van der Waals surface area contributed by atoms with Gasteiger partial charge in [-0.2, -0.15) is 5.10 Å². The van der Waals surface area contributed by atoms with Crippen molar-refractivity contribution in [2.75, 3.05) is 18.0 Å². The molecule has 24 heavy (non-hydrogen) atoms. The molecule has 0 amide bonds. The van der Waals surface area contributed by atoms with Crippen LogP contribution in [0.4, 0.5) is 14.6 Å². The summed E-state index contributed by atoms with van der Waals surface area (Å²) in [6.07, 6.45) is 4.41. The average Bonchev–Trinajstić information content (AvgIpc) is 2.99. The summed E-state index contributed by atoms with van der Waals surface area (Å²) in [7, 11) is 0. The number of hydrogen-bond acceptors (Lipinski definition) is 4. The van der Waals surface area contributed by atoms with E-state index in [4.69, 9.17) is 5.11 Å². The summed E-state index contributed by atoms with van der Waals surface area (Å²) in [6.45, 7) is 1.11. The second-order valence-corrected chi connectivity index (χ2v) is 6.05. The average molecular weight is 328 g/mol. The first-order valence-corrected chi connectivity index (χ1v) is 7.28. The zero-order valence-corrected chi connectivity index (χ0v) is 12.1. The number of anilines is 1. The van der Waals surface area contributed by atoms with Gasteiger partial charge in [0.2, 0.25) is 0 Å². The molecular weight excluding hydrogens is 313 g/mol. The van der Waals surface area contributed by atoms with Crippen molar-refractivity contribution in [2.45, 2.75) is 12.5 Å². The molecule has 3 heterocycles. The van der Waals surface area contributed by atoms with Crippen LogP contribution >= 0.6 is 0 Å². The van der Waals surface area contributed by atoms with E-state index in [2.05, 4.69) is 10.1 Å². The van der Waals surface area contributed by atoms with Gasteiger partial charge in [-0.05, 0) is 11.6 Å². The van der Waals surface area contributed by atoms with Gasteiger partial charge in [-0.15, -0.1) is 0 Å². The van der Waals surface area contributed by atoms with E-state index in [1.165, 1.54) is 17.1 Å². The van der Waals surface area contributed by atoms with E-state index in [-0.39, 0.29) is 24.4 Å². The van der Waals surface area contributed by atoms with Crippen molar-refractivity contribution in [1.82, 2.24) is 14.8 Å². The number of pyridine rings is 1. The standard InChI is InChI=1S/C15H14F2N4O2.Li.H/c16-15(17)11-7-20(8-12(11)15)13-2-1-9(3-18-13)5-21-6-10(4-19-21)14(22)23;;/h1-4,6,11-12H,5,7-8H2,(H,22,23);;. The number of carboxylic acids is 1. The molecule has 0 bridgehead atoms. The third-order valence-electron chi connectivity index (χ3n) is 4.56. The van der Waals surface area contributed by atoms with Crippen molar-refractivity contribution in [3.63, 3.8) is 0 Å². The van der Waals surface area contributed by atoms with Crippen LogP contribution in [0.15, 0.2) is 30.7 Å². The van der Waals surface area contributed by atoms with E-state index in [1.54, 1.807) is 12.3 Å². The summed E-state index contributed by atoms with van der Waals surface area (Å²) >= 11 is 0. The number of alkyl halides is 2. The van der Waals surface area contributed by atoms with E-state index in [1.807, 2.05) is 11.0 Å². The third-order valence-corrected chi connectivity index (χ3v) is 4.56. The number of halogens is 2. The molecule has 1 aliphatic heterocycles. The topological polar surface area (TPSA) is 71.2 Å². The zero-order valence-electron chi connectivity index (χ0n) is 12.1. The van der Waals surface area contributed by atoms with E-state index < -0.39 is 23.7 Å². The van der Waals surface area contributed by atoms with Gasteiger partial charge in [0.15, 0.2) is 0 Å². The minimum atomic E-state index is -2.49. The third kappa shape index (κ3) is 2.80. The molecule has 9 heteroatoms. The van der Waals surface area contributed by atoms with Gasteiger partial charge < -0.3 is 10.0 Å². The molecule has 1 aliphatic carbocycles. The molecule has 2 aromatic rings. The van der Waals surface area contributed by atoms with Gasteiger partial charge in [-0.25, -0.2) is 18.6 Å². The molecular formula is C15H15F2LiN4O2. The SMILES string of the molecule is O=C(O)c1cnn(Cc2ccc(N3CC4C(C3)C4(F)F)nc2)c1.[LiH]. The van der Waals surface area contributed by atoms with Gasteiger partial charge in [0.05, 0.1) is 30.1 Å². The fourth-order valence-corrected chi connectivity index (χ4v) is 3.14. The number of piperidine rings is 1. The molecule has 4 rings (SSSR count). The molecule has 2 aliphatic rings. The maximum absolute atomic E-state index is 13.2. The van der Waals surface area contributed by atoms with Crippen LogP contribution < -0.4 is 4.90 Å². The van der Waals surface area contributed by atoms with E-state index in [9.17, 15) is 13.6 Å². The van der Waals surface area contributed by atoms with Crippen LogP contribution in [0.2, 0.25) is 0 Å². The molecule has 1 N–H and O–H groups in total. The molecule has 2 fully saturated rings. The Balaban J connectivity index is 0.00000169. The Morgan fingerprint density at radius 2 is 2.00 bits per heavy atom. The fraction of sp³-hybridized carbons (Fsp3) is 0.400. The van der Waals surface area contributed by atoms with Crippen molar-refractivity contribution >= 4 is 30.6 Å². The van der Waals surface area contributed by atoms with Gasteiger partial charge in [0.25, 0.3) is 5.92 Å². The summed E-state index contributed by atoms with van der Waals surface area (Å²) in [5, 5.41) is 12.8. The van der Waals surface area contributed by atoms with Crippen LogP contribution in [0.3, 0.4) is 0 Å². The predicted molar refractivity (Wildman–Crippen MR) is 83.8 cm³/mol. The Kier molecular flexibility index (Phi) is 4.14. The van der Waals surface area contributed by atoms with Crippen molar-refractivity contribution < 1.29 is 18.7 Å². The van der Waals surface area contributed by atoms with Crippen molar-refractivity contribution in [3.8, 4) is 0 Å². The predicted octanol–water partition coefficient (Wildman–Crippen LogP) is 1.08. The Bertz CT molecular complexity index is 751. The van der Waals surface area contributed by atoms with E-state index in [0.29, 0.717) is 25.5 Å². The van der Waals surface area contributed by atoms with Crippen LogP contribution in [0.1, 0.15) is 15.9 Å². The molecule has 122 valence electrons. The Labute approximate surface area is 148 Å². The number of rotatable bonds is 4. The normalized spacial score (nSPS) is 23.5. The summed E-state index contributed by atoms with van der Waals surface area (Å²) < 4.78 is 27.9.